The summed E-state index contributed by atoms with van der Waals surface area (Å²) in [5.74, 6) is -0.175. The van der Waals surface area contributed by atoms with Gasteiger partial charge in [0.1, 0.15) is 5.82 Å². The Balaban J connectivity index is 3.43. The lowest BCUT2D eigenvalue weighted by Crippen LogP contribution is -1.93. The Hall–Kier alpha value is -1.11. The molecule has 1 aromatic rings. The summed E-state index contributed by atoms with van der Waals surface area (Å²) >= 11 is 0. The maximum atomic E-state index is 13.2. The first-order valence-electron chi connectivity index (χ1n) is 3.95. The summed E-state index contributed by atoms with van der Waals surface area (Å²) in [6.07, 6.45) is 0. The highest BCUT2D eigenvalue weighted by molar-refractivity contribution is 5.65. The lowest BCUT2D eigenvalue weighted by molar-refractivity contribution is 0.622. The zero-order valence-corrected chi connectivity index (χ0v) is 7.74. The first kappa shape index (κ1) is 8.98. The maximum Gasteiger partial charge on any atom is 0.130 e. The summed E-state index contributed by atoms with van der Waals surface area (Å²) in [6.45, 7) is 9.46. The zero-order valence-electron chi connectivity index (χ0n) is 7.74. The summed E-state index contributed by atoms with van der Waals surface area (Å²) in [7, 11) is 0. The van der Waals surface area contributed by atoms with Crippen LogP contribution in [0.25, 0.3) is 5.57 Å². The summed E-state index contributed by atoms with van der Waals surface area (Å²) in [5, 5.41) is 0. The van der Waals surface area contributed by atoms with Gasteiger partial charge in [-0.2, -0.15) is 0 Å². The lowest BCUT2D eigenvalue weighted by Gasteiger charge is -2.08. The minimum absolute atomic E-state index is 0.175. The summed E-state index contributed by atoms with van der Waals surface area (Å²) in [5.41, 5.74) is 3.54. The van der Waals surface area contributed by atoms with Gasteiger partial charge < -0.3 is 0 Å². The molecule has 0 heterocycles. The molecule has 0 fully saturated rings. The highest BCUT2D eigenvalue weighted by Crippen LogP contribution is 2.22. The number of rotatable bonds is 1. The van der Waals surface area contributed by atoms with Gasteiger partial charge >= 0.3 is 0 Å². The minimum Gasteiger partial charge on any atom is -0.206 e. The van der Waals surface area contributed by atoms with Crippen molar-refractivity contribution in [3.63, 3.8) is 0 Å². The van der Waals surface area contributed by atoms with Crippen LogP contribution in [0.1, 0.15) is 23.6 Å². The second-order valence-electron chi connectivity index (χ2n) is 3.14. The quantitative estimate of drug-likeness (QED) is 0.596. The van der Waals surface area contributed by atoms with E-state index in [9.17, 15) is 4.39 Å². The predicted octanol–water partition coefficient (Wildman–Crippen LogP) is 3.48. The topological polar surface area (TPSA) is 0 Å². The smallest absolute Gasteiger partial charge is 0.130 e. The predicted molar refractivity (Wildman–Crippen MR) is 50.6 cm³/mol. The Bertz CT molecular complexity index is 324. The standard InChI is InChI=1S/C11H13F/c1-7(2)11-9(4)8(3)5-6-10(11)12/h5-6H,1H2,2-4H3. The number of hydrogen-bond acceptors (Lipinski definition) is 0. The van der Waals surface area contributed by atoms with Gasteiger partial charge in [0.05, 0.1) is 0 Å². The normalized spacial score (nSPS) is 10.0. The van der Waals surface area contributed by atoms with E-state index in [-0.39, 0.29) is 5.82 Å². The maximum absolute atomic E-state index is 13.2. The van der Waals surface area contributed by atoms with Crippen LogP contribution in [0.4, 0.5) is 4.39 Å². The average Bonchev–Trinajstić information content (AvgIpc) is 1.97. The molecular weight excluding hydrogens is 151 g/mol. The molecule has 0 aromatic heterocycles. The van der Waals surface area contributed by atoms with Crippen molar-refractivity contribution in [2.45, 2.75) is 20.8 Å². The largest absolute Gasteiger partial charge is 0.206 e. The molecule has 0 saturated heterocycles. The molecule has 0 atom stereocenters. The van der Waals surface area contributed by atoms with E-state index in [1.807, 2.05) is 20.8 Å². The van der Waals surface area contributed by atoms with Gasteiger partial charge in [-0.15, -0.1) is 0 Å². The lowest BCUT2D eigenvalue weighted by atomic mass is 9.98. The van der Waals surface area contributed by atoms with Crippen LogP contribution in [0, 0.1) is 19.7 Å². The number of aryl methyl sites for hydroxylation is 1. The molecule has 1 aromatic carbocycles. The number of allylic oxidation sites excluding steroid dienone is 1. The van der Waals surface area contributed by atoms with Gasteiger partial charge in [-0.3, -0.25) is 0 Å². The monoisotopic (exact) mass is 164 g/mol. The minimum atomic E-state index is -0.175. The zero-order chi connectivity index (χ0) is 9.30. The van der Waals surface area contributed by atoms with E-state index in [0.29, 0.717) is 5.56 Å². The Morgan fingerprint density at radius 1 is 1.33 bits per heavy atom. The van der Waals surface area contributed by atoms with E-state index in [1.165, 1.54) is 6.07 Å². The van der Waals surface area contributed by atoms with Crippen LogP contribution in [-0.4, -0.2) is 0 Å². The molecule has 0 saturated carbocycles. The summed E-state index contributed by atoms with van der Waals surface area (Å²) in [6, 6.07) is 3.28. The Kier molecular flexibility index (Phi) is 2.32. The Morgan fingerprint density at radius 3 is 2.33 bits per heavy atom. The van der Waals surface area contributed by atoms with Crippen molar-refractivity contribution in [1.29, 1.82) is 0 Å². The molecule has 0 amide bonds. The third-order valence-corrected chi connectivity index (χ3v) is 2.11. The fraction of sp³-hybridized carbons (Fsp3) is 0.273. The third kappa shape index (κ3) is 1.40. The van der Waals surface area contributed by atoms with Crippen molar-refractivity contribution in [3.05, 3.63) is 41.2 Å². The molecule has 0 spiro atoms. The van der Waals surface area contributed by atoms with Gasteiger partial charge in [0.15, 0.2) is 0 Å². The second-order valence-corrected chi connectivity index (χ2v) is 3.14. The van der Waals surface area contributed by atoms with Crippen LogP contribution in [0.15, 0.2) is 18.7 Å². The van der Waals surface area contributed by atoms with Crippen molar-refractivity contribution in [1.82, 2.24) is 0 Å². The average molecular weight is 164 g/mol. The van der Waals surface area contributed by atoms with Gasteiger partial charge in [0.2, 0.25) is 0 Å². The van der Waals surface area contributed by atoms with E-state index >= 15 is 0 Å². The van der Waals surface area contributed by atoms with Crippen molar-refractivity contribution in [3.8, 4) is 0 Å². The second kappa shape index (κ2) is 3.10. The van der Waals surface area contributed by atoms with E-state index in [4.69, 9.17) is 0 Å². The molecule has 0 aliphatic heterocycles. The summed E-state index contributed by atoms with van der Waals surface area (Å²) in [4.78, 5) is 0. The third-order valence-electron chi connectivity index (χ3n) is 2.11. The molecule has 1 heteroatoms. The fourth-order valence-electron chi connectivity index (χ4n) is 1.31. The van der Waals surface area contributed by atoms with E-state index in [1.54, 1.807) is 6.07 Å². The first-order chi connectivity index (χ1) is 5.54. The van der Waals surface area contributed by atoms with Crippen LogP contribution < -0.4 is 0 Å². The highest BCUT2D eigenvalue weighted by atomic mass is 19.1. The number of halogens is 1. The SMILES string of the molecule is C=C(C)c1c(F)ccc(C)c1C. The van der Waals surface area contributed by atoms with Crippen LogP contribution in [0.5, 0.6) is 0 Å². The molecule has 1 rings (SSSR count). The molecule has 0 radical (unpaired) electrons. The van der Waals surface area contributed by atoms with Crippen molar-refractivity contribution >= 4 is 5.57 Å². The Labute approximate surface area is 72.7 Å². The molecule has 12 heavy (non-hydrogen) atoms. The highest BCUT2D eigenvalue weighted by Gasteiger charge is 2.07. The van der Waals surface area contributed by atoms with Crippen LogP contribution in [-0.2, 0) is 0 Å². The molecule has 0 aliphatic carbocycles. The van der Waals surface area contributed by atoms with Gasteiger partial charge in [-0.1, -0.05) is 12.6 Å². The van der Waals surface area contributed by atoms with Crippen LogP contribution in [0.2, 0.25) is 0 Å². The Morgan fingerprint density at radius 2 is 1.92 bits per heavy atom. The van der Waals surface area contributed by atoms with E-state index < -0.39 is 0 Å². The fourth-order valence-corrected chi connectivity index (χ4v) is 1.31. The first-order valence-corrected chi connectivity index (χ1v) is 3.95. The van der Waals surface area contributed by atoms with Gasteiger partial charge in [-0.25, -0.2) is 4.39 Å². The molecule has 0 N–H and O–H groups in total. The molecule has 64 valence electrons. The van der Waals surface area contributed by atoms with Gasteiger partial charge in [-0.05, 0) is 43.5 Å². The van der Waals surface area contributed by atoms with Crippen LogP contribution >= 0.6 is 0 Å². The van der Waals surface area contributed by atoms with Crippen molar-refractivity contribution in [2.24, 2.45) is 0 Å². The number of benzene rings is 1. The molecule has 0 unspecified atom stereocenters. The van der Waals surface area contributed by atoms with E-state index in [0.717, 1.165) is 16.7 Å². The molecule has 0 bridgehead atoms. The molecule has 0 aliphatic rings. The molecule has 0 nitrogen and oxygen atoms in total. The molecular formula is C11H13F. The van der Waals surface area contributed by atoms with E-state index in [2.05, 4.69) is 6.58 Å². The number of hydrogen-bond donors (Lipinski definition) is 0. The van der Waals surface area contributed by atoms with Crippen LogP contribution in [0.3, 0.4) is 0 Å². The van der Waals surface area contributed by atoms with Gasteiger partial charge in [0.25, 0.3) is 0 Å². The van der Waals surface area contributed by atoms with Crippen molar-refractivity contribution in [2.75, 3.05) is 0 Å². The van der Waals surface area contributed by atoms with Crippen molar-refractivity contribution < 1.29 is 4.39 Å². The van der Waals surface area contributed by atoms with Gasteiger partial charge in [0, 0.05) is 5.56 Å². The summed E-state index contributed by atoms with van der Waals surface area (Å²) < 4.78 is 13.2.